The van der Waals surface area contributed by atoms with Crippen LogP contribution in [0, 0.1) is 0 Å². The van der Waals surface area contributed by atoms with Gasteiger partial charge in [0.2, 0.25) is 0 Å². The first-order chi connectivity index (χ1) is 11.8. The number of nitrogens with one attached hydrogen (secondary N) is 2. The maximum absolute atomic E-state index is 12.4. The first-order valence-corrected chi connectivity index (χ1v) is 8.77. The maximum atomic E-state index is 12.4. The third-order valence-electron chi connectivity index (χ3n) is 3.55. The van der Waals surface area contributed by atoms with E-state index in [1.165, 1.54) is 6.07 Å². The molecule has 0 radical (unpaired) electrons. The largest absolute Gasteiger partial charge is 0.503 e. The number of benzene rings is 1. The standard InChI is InChI=1S/C16H18BrClN2O5/c1-4-24-9-6-8(12(18)11(17)14(9)21)13-10(15(22)25-5-2)7(3)19-16(23)20-13/h6,13,21H,4-5H2,1-3H3,(H2,19,20,23). The maximum Gasteiger partial charge on any atom is 0.338 e. The number of rotatable bonds is 5. The number of aromatic hydroxyl groups is 1. The molecule has 1 aromatic carbocycles. The van der Waals surface area contributed by atoms with Gasteiger partial charge in [0.1, 0.15) is 0 Å². The van der Waals surface area contributed by atoms with Crippen molar-refractivity contribution in [1.29, 1.82) is 0 Å². The predicted octanol–water partition coefficient (Wildman–Crippen LogP) is 3.40. The van der Waals surface area contributed by atoms with E-state index in [0.29, 0.717) is 17.9 Å². The van der Waals surface area contributed by atoms with E-state index in [0.717, 1.165) is 0 Å². The van der Waals surface area contributed by atoms with Crippen molar-refractivity contribution in [2.45, 2.75) is 26.8 Å². The van der Waals surface area contributed by atoms with Gasteiger partial charge in [-0.1, -0.05) is 11.6 Å². The lowest BCUT2D eigenvalue weighted by atomic mass is 9.95. The zero-order chi connectivity index (χ0) is 18.7. The first-order valence-electron chi connectivity index (χ1n) is 7.60. The third kappa shape index (κ3) is 3.85. The van der Waals surface area contributed by atoms with E-state index in [9.17, 15) is 14.7 Å². The molecule has 1 unspecified atom stereocenters. The van der Waals surface area contributed by atoms with Crippen LogP contribution in [-0.4, -0.2) is 30.3 Å². The molecule has 7 nitrogen and oxygen atoms in total. The van der Waals surface area contributed by atoms with Gasteiger partial charge in [0, 0.05) is 11.3 Å². The summed E-state index contributed by atoms with van der Waals surface area (Å²) >= 11 is 9.55. The molecule has 2 amide bonds. The summed E-state index contributed by atoms with van der Waals surface area (Å²) in [6, 6.07) is 0.166. The number of halogens is 2. The minimum Gasteiger partial charge on any atom is -0.503 e. The number of amides is 2. The van der Waals surface area contributed by atoms with Crippen LogP contribution in [0.3, 0.4) is 0 Å². The normalized spacial score (nSPS) is 17.0. The van der Waals surface area contributed by atoms with Gasteiger partial charge in [-0.3, -0.25) is 0 Å². The highest BCUT2D eigenvalue weighted by Gasteiger charge is 2.34. The van der Waals surface area contributed by atoms with Crippen molar-refractivity contribution in [3.8, 4) is 11.5 Å². The number of phenolic OH excluding ortho intramolecular Hbond substituents is 1. The van der Waals surface area contributed by atoms with Crippen LogP contribution in [0.4, 0.5) is 4.79 Å². The molecule has 1 aromatic rings. The summed E-state index contributed by atoms with van der Waals surface area (Å²) in [5.41, 5.74) is 0.987. The van der Waals surface area contributed by atoms with E-state index in [1.807, 2.05) is 0 Å². The minimum atomic E-state index is -0.851. The van der Waals surface area contributed by atoms with Gasteiger partial charge in [0.25, 0.3) is 0 Å². The van der Waals surface area contributed by atoms with Crippen LogP contribution in [0.2, 0.25) is 5.02 Å². The van der Waals surface area contributed by atoms with Crippen LogP contribution in [0.15, 0.2) is 21.8 Å². The van der Waals surface area contributed by atoms with E-state index in [1.54, 1.807) is 20.8 Å². The summed E-state index contributed by atoms with van der Waals surface area (Å²) in [5.74, 6) is -0.549. The Morgan fingerprint density at radius 1 is 1.40 bits per heavy atom. The summed E-state index contributed by atoms with van der Waals surface area (Å²) in [5, 5.41) is 15.5. The number of carbonyl (C=O) groups is 2. The molecule has 0 aromatic heterocycles. The van der Waals surface area contributed by atoms with Crippen LogP contribution in [0.25, 0.3) is 0 Å². The molecule has 0 fully saturated rings. The van der Waals surface area contributed by atoms with Crippen LogP contribution in [-0.2, 0) is 9.53 Å². The Bertz CT molecular complexity index is 751. The molecule has 1 heterocycles. The number of phenols is 1. The topological polar surface area (TPSA) is 96.9 Å². The molecule has 3 N–H and O–H groups in total. The number of urea groups is 1. The van der Waals surface area contributed by atoms with E-state index in [4.69, 9.17) is 21.1 Å². The lowest BCUT2D eigenvalue weighted by Gasteiger charge is -2.29. The Morgan fingerprint density at radius 3 is 2.68 bits per heavy atom. The quantitative estimate of drug-likeness (QED) is 0.619. The van der Waals surface area contributed by atoms with Gasteiger partial charge in [0.05, 0.1) is 34.3 Å². The first kappa shape index (κ1) is 19.4. The van der Waals surface area contributed by atoms with E-state index in [2.05, 4.69) is 26.6 Å². The zero-order valence-corrected chi connectivity index (χ0v) is 16.2. The molecular weight excluding hydrogens is 416 g/mol. The van der Waals surface area contributed by atoms with Crippen molar-refractivity contribution in [1.82, 2.24) is 10.6 Å². The van der Waals surface area contributed by atoms with Gasteiger partial charge in [0.15, 0.2) is 11.5 Å². The molecule has 0 saturated carbocycles. The summed E-state index contributed by atoms with van der Waals surface area (Å²) in [6.07, 6.45) is 0. The van der Waals surface area contributed by atoms with Crippen LogP contribution < -0.4 is 15.4 Å². The van der Waals surface area contributed by atoms with Crippen molar-refractivity contribution >= 4 is 39.5 Å². The number of hydrogen-bond donors (Lipinski definition) is 3. The molecule has 1 aliphatic heterocycles. The molecule has 9 heteroatoms. The third-order valence-corrected chi connectivity index (χ3v) is 4.96. The number of ether oxygens (including phenoxy) is 2. The van der Waals surface area contributed by atoms with Gasteiger partial charge < -0.3 is 25.2 Å². The highest BCUT2D eigenvalue weighted by Crippen LogP contribution is 2.45. The molecule has 0 aliphatic carbocycles. The SMILES string of the molecule is CCOC(=O)C1=C(C)NC(=O)NC1c1cc(OCC)c(O)c(Br)c1Cl. The Morgan fingerprint density at radius 2 is 2.08 bits per heavy atom. The highest BCUT2D eigenvalue weighted by atomic mass is 79.9. The zero-order valence-electron chi connectivity index (χ0n) is 13.9. The molecule has 0 spiro atoms. The number of esters is 1. The Balaban J connectivity index is 2.62. The van der Waals surface area contributed by atoms with Crippen LogP contribution in [0.5, 0.6) is 11.5 Å². The Kier molecular flexibility index (Phi) is 6.18. The number of hydrogen-bond acceptors (Lipinski definition) is 5. The Labute approximate surface area is 158 Å². The van der Waals surface area contributed by atoms with E-state index in [-0.39, 0.29) is 33.2 Å². The fourth-order valence-corrected chi connectivity index (χ4v) is 3.17. The monoisotopic (exact) mass is 432 g/mol. The molecule has 1 aliphatic rings. The van der Waals surface area contributed by atoms with Gasteiger partial charge in [-0.15, -0.1) is 0 Å². The smallest absolute Gasteiger partial charge is 0.338 e. The fourth-order valence-electron chi connectivity index (χ4n) is 2.49. The summed E-state index contributed by atoms with van der Waals surface area (Å²) < 4.78 is 10.7. The van der Waals surface area contributed by atoms with Crippen molar-refractivity contribution in [3.05, 3.63) is 32.4 Å². The second-order valence-corrected chi connectivity index (χ2v) is 6.34. The van der Waals surface area contributed by atoms with E-state index >= 15 is 0 Å². The molecule has 2 rings (SSSR count). The molecular formula is C16H18BrClN2O5. The van der Waals surface area contributed by atoms with Gasteiger partial charge in [-0.25, -0.2) is 9.59 Å². The van der Waals surface area contributed by atoms with Crippen LogP contribution >= 0.6 is 27.5 Å². The number of carbonyl (C=O) groups excluding carboxylic acids is 2. The minimum absolute atomic E-state index is 0.155. The lowest BCUT2D eigenvalue weighted by molar-refractivity contribution is -0.139. The Hall–Kier alpha value is -1.93. The molecule has 136 valence electrons. The van der Waals surface area contributed by atoms with Gasteiger partial charge in [-0.2, -0.15) is 0 Å². The molecule has 0 bridgehead atoms. The highest BCUT2D eigenvalue weighted by molar-refractivity contribution is 9.10. The van der Waals surface area contributed by atoms with Crippen LogP contribution in [0.1, 0.15) is 32.4 Å². The van der Waals surface area contributed by atoms with Crippen molar-refractivity contribution in [2.24, 2.45) is 0 Å². The predicted molar refractivity (Wildman–Crippen MR) is 95.7 cm³/mol. The average molecular weight is 434 g/mol. The molecule has 0 saturated heterocycles. The van der Waals surface area contributed by atoms with Gasteiger partial charge >= 0.3 is 12.0 Å². The summed E-state index contributed by atoms with van der Waals surface area (Å²) in [6.45, 7) is 5.56. The fraction of sp³-hybridized carbons (Fsp3) is 0.375. The van der Waals surface area contributed by atoms with E-state index < -0.39 is 18.0 Å². The lowest BCUT2D eigenvalue weighted by Crippen LogP contribution is -2.45. The summed E-state index contributed by atoms with van der Waals surface area (Å²) in [7, 11) is 0. The van der Waals surface area contributed by atoms with Crippen molar-refractivity contribution < 1.29 is 24.2 Å². The van der Waals surface area contributed by atoms with Gasteiger partial charge in [-0.05, 0) is 42.8 Å². The molecule has 1 atom stereocenters. The second kappa shape index (κ2) is 7.97. The second-order valence-electron chi connectivity index (χ2n) is 5.16. The summed E-state index contributed by atoms with van der Waals surface area (Å²) in [4.78, 5) is 24.3. The number of allylic oxidation sites excluding steroid dienone is 1. The van der Waals surface area contributed by atoms with Crippen molar-refractivity contribution in [3.63, 3.8) is 0 Å². The molecule has 25 heavy (non-hydrogen) atoms. The van der Waals surface area contributed by atoms with Crippen molar-refractivity contribution in [2.75, 3.05) is 13.2 Å². The average Bonchev–Trinajstić information content (AvgIpc) is 2.55.